The molecule has 0 nitrogen and oxygen atoms in total. The van der Waals surface area contributed by atoms with E-state index in [1.807, 2.05) is 31.2 Å². The lowest BCUT2D eigenvalue weighted by Gasteiger charge is -2.11. The molecule has 0 bridgehead atoms. The number of halogens is 1. The molecule has 102 valence electrons. The zero-order chi connectivity index (χ0) is 14.5. The van der Waals surface area contributed by atoms with Gasteiger partial charge in [-0.1, -0.05) is 60.7 Å². The van der Waals surface area contributed by atoms with Gasteiger partial charge in [-0.25, -0.2) is 0 Å². The summed E-state index contributed by atoms with van der Waals surface area (Å²) in [7, 11) is 0. The van der Waals surface area contributed by atoms with Gasteiger partial charge in [0.1, 0.15) is 0 Å². The van der Waals surface area contributed by atoms with Crippen molar-refractivity contribution in [3.63, 3.8) is 0 Å². The zero-order valence-electron chi connectivity index (χ0n) is 11.8. The van der Waals surface area contributed by atoms with Crippen molar-refractivity contribution in [1.82, 2.24) is 0 Å². The molecule has 1 heteroatoms. The average molecular weight is 283 g/mol. The molecule has 2 aromatic carbocycles. The minimum Gasteiger partial charge on any atom is -0.0985 e. The van der Waals surface area contributed by atoms with E-state index in [-0.39, 0.29) is 0 Å². The Balaban J connectivity index is 2.20. The monoisotopic (exact) mass is 282 g/mol. The Kier molecular flexibility index (Phi) is 4.81. The van der Waals surface area contributed by atoms with Gasteiger partial charge in [-0.2, -0.15) is 0 Å². The second-order valence-electron chi connectivity index (χ2n) is 5.03. The van der Waals surface area contributed by atoms with E-state index < -0.39 is 0 Å². The molecule has 0 spiro atoms. The molecule has 0 aliphatic heterocycles. The Bertz CT molecular complexity index is 638. The molecule has 2 rings (SSSR count). The molecule has 0 aliphatic carbocycles. The Morgan fingerprint density at radius 2 is 1.95 bits per heavy atom. The SMILES string of the molecule is C=Cc1ccc(CCc2cccc(Cl)c2)c(C(=C)C)c1. The Hall–Kier alpha value is -1.79. The summed E-state index contributed by atoms with van der Waals surface area (Å²) in [6.45, 7) is 9.94. The largest absolute Gasteiger partial charge is 0.0985 e. The van der Waals surface area contributed by atoms with Crippen LogP contribution in [0.5, 0.6) is 0 Å². The molecule has 2 aromatic rings. The molecule has 0 fully saturated rings. The maximum Gasteiger partial charge on any atom is 0.0408 e. The first-order valence-corrected chi connectivity index (χ1v) is 7.13. The van der Waals surface area contributed by atoms with Crippen molar-refractivity contribution in [2.45, 2.75) is 19.8 Å². The van der Waals surface area contributed by atoms with Crippen molar-refractivity contribution >= 4 is 23.3 Å². The third kappa shape index (κ3) is 3.61. The van der Waals surface area contributed by atoms with Crippen LogP contribution in [0.1, 0.15) is 29.2 Å². The van der Waals surface area contributed by atoms with Gasteiger partial charge in [0.15, 0.2) is 0 Å². The molecule has 0 unspecified atom stereocenters. The molecule has 0 N–H and O–H groups in total. The highest BCUT2D eigenvalue weighted by Crippen LogP contribution is 2.22. The summed E-state index contributed by atoms with van der Waals surface area (Å²) in [5.74, 6) is 0. The van der Waals surface area contributed by atoms with Crippen LogP contribution in [0.2, 0.25) is 5.02 Å². The summed E-state index contributed by atoms with van der Waals surface area (Å²) in [5.41, 5.74) is 6.04. The van der Waals surface area contributed by atoms with Gasteiger partial charge in [0.05, 0.1) is 0 Å². The minimum absolute atomic E-state index is 0.796. The normalized spacial score (nSPS) is 10.3. The number of rotatable bonds is 5. The fourth-order valence-corrected chi connectivity index (χ4v) is 2.52. The minimum atomic E-state index is 0.796. The molecule has 0 atom stereocenters. The zero-order valence-corrected chi connectivity index (χ0v) is 12.6. The Morgan fingerprint density at radius 1 is 1.15 bits per heavy atom. The standard InChI is InChI=1S/C19H19Cl/c1-4-15-8-10-17(19(13-15)14(2)3)11-9-16-6-5-7-18(20)12-16/h4-8,10,12-13H,1-2,9,11H2,3H3. The number of aryl methyl sites for hydroxylation is 2. The van der Waals surface area contributed by atoms with Crippen molar-refractivity contribution in [3.8, 4) is 0 Å². The van der Waals surface area contributed by atoms with Gasteiger partial charge in [0.2, 0.25) is 0 Å². The van der Waals surface area contributed by atoms with E-state index in [1.165, 1.54) is 16.7 Å². The van der Waals surface area contributed by atoms with Gasteiger partial charge in [0, 0.05) is 5.02 Å². The second kappa shape index (κ2) is 6.58. The number of hydrogen-bond donors (Lipinski definition) is 0. The van der Waals surface area contributed by atoms with Crippen LogP contribution in [0.3, 0.4) is 0 Å². The maximum absolute atomic E-state index is 6.02. The molecular formula is C19H19Cl. The third-order valence-electron chi connectivity index (χ3n) is 3.40. The Labute approximate surface area is 126 Å². The van der Waals surface area contributed by atoms with E-state index >= 15 is 0 Å². The molecule has 0 heterocycles. The van der Waals surface area contributed by atoms with Crippen molar-refractivity contribution in [3.05, 3.63) is 82.9 Å². The molecule has 0 aliphatic rings. The lowest BCUT2D eigenvalue weighted by Crippen LogP contribution is -1.96. The van der Waals surface area contributed by atoms with E-state index in [1.54, 1.807) is 0 Å². The summed E-state index contributed by atoms with van der Waals surface area (Å²) in [5, 5.41) is 0.796. The first kappa shape index (κ1) is 14.6. The van der Waals surface area contributed by atoms with E-state index in [0.717, 1.165) is 29.0 Å². The van der Waals surface area contributed by atoms with Crippen LogP contribution >= 0.6 is 11.6 Å². The van der Waals surface area contributed by atoms with Crippen molar-refractivity contribution in [2.75, 3.05) is 0 Å². The second-order valence-corrected chi connectivity index (χ2v) is 5.47. The Morgan fingerprint density at radius 3 is 2.60 bits per heavy atom. The topological polar surface area (TPSA) is 0 Å². The van der Waals surface area contributed by atoms with Crippen LogP contribution in [0, 0.1) is 0 Å². The lowest BCUT2D eigenvalue weighted by molar-refractivity contribution is 0.956. The van der Waals surface area contributed by atoms with Crippen LogP contribution in [0.4, 0.5) is 0 Å². The van der Waals surface area contributed by atoms with Crippen LogP contribution in [0.25, 0.3) is 11.6 Å². The van der Waals surface area contributed by atoms with Gasteiger partial charge in [-0.3, -0.25) is 0 Å². The first-order chi connectivity index (χ1) is 9.60. The summed E-state index contributed by atoms with van der Waals surface area (Å²) >= 11 is 6.02. The summed E-state index contributed by atoms with van der Waals surface area (Å²) < 4.78 is 0. The van der Waals surface area contributed by atoms with E-state index in [4.69, 9.17) is 11.6 Å². The van der Waals surface area contributed by atoms with Gasteiger partial charge in [-0.15, -0.1) is 0 Å². The lowest BCUT2D eigenvalue weighted by atomic mass is 9.94. The molecule has 0 radical (unpaired) electrons. The molecule has 20 heavy (non-hydrogen) atoms. The fraction of sp³-hybridized carbons (Fsp3) is 0.158. The van der Waals surface area contributed by atoms with E-state index in [0.29, 0.717) is 0 Å². The van der Waals surface area contributed by atoms with Crippen molar-refractivity contribution in [2.24, 2.45) is 0 Å². The average Bonchev–Trinajstić information content (AvgIpc) is 2.45. The molecule has 0 aromatic heterocycles. The van der Waals surface area contributed by atoms with E-state index in [2.05, 4.69) is 37.4 Å². The highest BCUT2D eigenvalue weighted by Gasteiger charge is 2.05. The van der Waals surface area contributed by atoms with Crippen LogP contribution in [-0.2, 0) is 12.8 Å². The first-order valence-electron chi connectivity index (χ1n) is 6.76. The van der Waals surface area contributed by atoms with Gasteiger partial charge in [-0.05, 0) is 60.2 Å². The third-order valence-corrected chi connectivity index (χ3v) is 3.64. The van der Waals surface area contributed by atoms with Gasteiger partial charge in [0.25, 0.3) is 0 Å². The summed E-state index contributed by atoms with van der Waals surface area (Å²) in [6, 6.07) is 14.5. The van der Waals surface area contributed by atoms with Gasteiger partial charge >= 0.3 is 0 Å². The number of hydrogen-bond acceptors (Lipinski definition) is 0. The molecule has 0 saturated heterocycles. The van der Waals surface area contributed by atoms with E-state index in [9.17, 15) is 0 Å². The highest BCUT2D eigenvalue weighted by atomic mass is 35.5. The smallest absolute Gasteiger partial charge is 0.0408 e. The molecule has 0 amide bonds. The van der Waals surface area contributed by atoms with Crippen LogP contribution in [-0.4, -0.2) is 0 Å². The van der Waals surface area contributed by atoms with Gasteiger partial charge < -0.3 is 0 Å². The summed E-state index contributed by atoms with van der Waals surface area (Å²) in [6.07, 6.45) is 3.83. The van der Waals surface area contributed by atoms with Crippen LogP contribution in [0.15, 0.2) is 55.6 Å². The summed E-state index contributed by atoms with van der Waals surface area (Å²) in [4.78, 5) is 0. The fourth-order valence-electron chi connectivity index (χ4n) is 2.31. The molecule has 0 saturated carbocycles. The van der Waals surface area contributed by atoms with Crippen molar-refractivity contribution < 1.29 is 0 Å². The number of allylic oxidation sites excluding steroid dienone is 1. The predicted octanol–water partition coefficient (Wildman–Crippen LogP) is 5.80. The number of benzene rings is 2. The predicted molar refractivity (Wildman–Crippen MR) is 90.1 cm³/mol. The molecular weight excluding hydrogens is 264 g/mol. The quantitative estimate of drug-likeness (QED) is 0.650. The van der Waals surface area contributed by atoms with Crippen molar-refractivity contribution in [1.29, 1.82) is 0 Å². The van der Waals surface area contributed by atoms with Crippen LogP contribution < -0.4 is 0 Å². The maximum atomic E-state index is 6.02. The highest BCUT2D eigenvalue weighted by molar-refractivity contribution is 6.30.